The van der Waals surface area contributed by atoms with Crippen LogP contribution < -0.4 is 4.74 Å². The van der Waals surface area contributed by atoms with Gasteiger partial charge in [-0.15, -0.1) is 0 Å². The van der Waals surface area contributed by atoms with E-state index in [1.165, 1.54) is 50.5 Å². The molecule has 21 heavy (non-hydrogen) atoms. The maximum absolute atomic E-state index is 11.4. The highest BCUT2D eigenvalue weighted by molar-refractivity contribution is 5.79. The van der Waals surface area contributed by atoms with Crippen molar-refractivity contribution in [1.82, 2.24) is 0 Å². The standard InChI is InChI=1S/C18H26O3/c1-2-3-4-5-6-7-8-9-15-10-12-16(13-11-15)21-18(19)17-14-20-17/h10-13,17H,2-9,14H2,1H3. The fraction of sp³-hybridized carbons (Fsp3) is 0.611. The lowest BCUT2D eigenvalue weighted by Crippen LogP contribution is -2.14. The van der Waals surface area contributed by atoms with Gasteiger partial charge in [-0.2, -0.15) is 0 Å². The molecule has 1 aromatic carbocycles. The molecule has 1 atom stereocenters. The molecule has 0 aliphatic carbocycles. The van der Waals surface area contributed by atoms with Crippen molar-refractivity contribution in [3.63, 3.8) is 0 Å². The van der Waals surface area contributed by atoms with Crippen molar-refractivity contribution in [3.05, 3.63) is 29.8 Å². The van der Waals surface area contributed by atoms with Crippen LogP contribution in [-0.4, -0.2) is 18.7 Å². The smallest absolute Gasteiger partial charge is 0.343 e. The molecule has 2 rings (SSSR count). The summed E-state index contributed by atoms with van der Waals surface area (Å²) in [5, 5.41) is 0. The highest BCUT2D eigenvalue weighted by Gasteiger charge is 2.33. The van der Waals surface area contributed by atoms with Gasteiger partial charge >= 0.3 is 5.97 Å². The first kappa shape index (κ1) is 16.0. The Kier molecular flexibility index (Phi) is 6.74. The van der Waals surface area contributed by atoms with Crippen molar-refractivity contribution in [2.45, 2.75) is 64.4 Å². The predicted octanol–water partition coefficient (Wildman–Crippen LogP) is 4.28. The second-order valence-corrected chi connectivity index (χ2v) is 5.76. The monoisotopic (exact) mass is 290 g/mol. The van der Waals surface area contributed by atoms with Crippen LogP contribution in [0.5, 0.6) is 5.75 Å². The van der Waals surface area contributed by atoms with Gasteiger partial charge in [0.25, 0.3) is 0 Å². The summed E-state index contributed by atoms with van der Waals surface area (Å²) >= 11 is 0. The summed E-state index contributed by atoms with van der Waals surface area (Å²) in [6, 6.07) is 7.84. The lowest BCUT2D eigenvalue weighted by molar-refractivity contribution is -0.135. The Bertz CT molecular complexity index is 421. The van der Waals surface area contributed by atoms with E-state index in [4.69, 9.17) is 9.47 Å². The van der Waals surface area contributed by atoms with E-state index in [1.807, 2.05) is 24.3 Å². The third-order valence-corrected chi connectivity index (χ3v) is 3.81. The number of hydrogen-bond acceptors (Lipinski definition) is 3. The van der Waals surface area contributed by atoms with Gasteiger partial charge in [-0.25, -0.2) is 4.79 Å². The highest BCUT2D eigenvalue weighted by atomic mass is 16.6. The van der Waals surface area contributed by atoms with E-state index in [9.17, 15) is 4.79 Å². The van der Waals surface area contributed by atoms with Crippen molar-refractivity contribution in [2.24, 2.45) is 0 Å². The second kappa shape index (κ2) is 8.83. The number of benzene rings is 1. The Morgan fingerprint density at radius 2 is 1.71 bits per heavy atom. The van der Waals surface area contributed by atoms with Gasteiger partial charge < -0.3 is 9.47 Å². The molecule has 0 amide bonds. The molecule has 0 radical (unpaired) electrons. The zero-order chi connectivity index (χ0) is 14.9. The third kappa shape index (κ3) is 6.30. The van der Waals surface area contributed by atoms with Crippen LogP contribution in [0.4, 0.5) is 0 Å². The topological polar surface area (TPSA) is 38.8 Å². The molecule has 0 bridgehead atoms. The average Bonchev–Trinajstić information content (AvgIpc) is 3.33. The fourth-order valence-electron chi connectivity index (χ4n) is 2.38. The second-order valence-electron chi connectivity index (χ2n) is 5.76. The van der Waals surface area contributed by atoms with E-state index in [0.29, 0.717) is 12.4 Å². The van der Waals surface area contributed by atoms with Crippen LogP contribution in [0.1, 0.15) is 57.4 Å². The van der Waals surface area contributed by atoms with Crippen LogP contribution in [-0.2, 0) is 16.0 Å². The lowest BCUT2D eigenvalue weighted by Gasteiger charge is -2.05. The van der Waals surface area contributed by atoms with Crippen molar-refractivity contribution in [1.29, 1.82) is 0 Å². The Hall–Kier alpha value is -1.35. The summed E-state index contributed by atoms with van der Waals surface area (Å²) < 4.78 is 10.1. The van der Waals surface area contributed by atoms with Gasteiger partial charge in [0.2, 0.25) is 0 Å². The molecule has 0 saturated carbocycles. The summed E-state index contributed by atoms with van der Waals surface area (Å²) in [7, 11) is 0. The van der Waals surface area contributed by atoms with Crippen LogP contribution in [0.3, 0.4) is 0 Å². The van der Waals surface area contributed by atoms with Crippen molar-refractivity contribution < 1.29 is 14.3 Å². The first-order valence-corrected chi connectivity index (χ1v) is 8.22. The van der Waals surface area contributed by atoms with Crippen molar-refractivity contribution >= 4 is 5.97 Å². The normalized spacial score (nSPS) is 16.7. The van der Waals surface area contributed by atoms with Gasteiger partial charge in [0, 0.05) is 0 Å². The van der Waals surface area contributed by atoms with Gasteiger partial charge in [0.1, 0.15) is 5.75 Å². The van der Waals surface area contributed by atoms with Crippen LogP contribution in [0.2, 0.25) is 0 Å². The highest BCUT2D eigenvalue weighted by Crippen LogP contribution is 2.18. The summed E-state index contributed by atoms with van der Waals surface area (Å²) in [5.41, 5.74) is 1.31. The molecule has 1 unspecified atom stereocenters. The maximum Gasteiger partial charge on any atom is 0.343 e. The Balaban J connectivity index is 1.59. The molecule has 0 aromatic heterocycles. The van der Waals surface area contributed by atoms with Crippen LogP contribution in [0.25, 0.3) is 0 Å². The average molecular weight is 290 g/mol. The van der Waals surface area contributed by atoms with Crippen LogP contribution >= 0.6 is 0 Å². The van der Waals surface area contributed by atoms with Crippen LogP contribution in [0, 0.1) is 0 Å². The Morgan fingerprint density at radius 3 is 2.33 bits per heavy atom. The van der Waals surface area contributed by atoms with Crippen molar-refractivity contribution in [3.8, 4) is 5.75 Å². The molecule has 3 heteroatoms. The number of carbonyl (C=O) groups is 1. The van der Waals surface area contributed by atoms with E-state index < -0.39 is 0 Å². The molecule has 1 aliphatic rings. The number of rotatable bonds is 10. The molecule has 1 aliphatic heterocycles. The van der Waals surface area contributed by atoms with E-state index >= 15 is 0 Å². The quantitative estimate of drug-likeness (QED) is 0.279. The molecule has 0 spiro atoms. The molecular formula is C18H26O3. The lowest BCUT2D eigenvalue weighted by atomic mass is 10.0. The number of esters is 1. The number of hydrogen-bond donors (Lipinski definition) is 0. The van der Waals surface area contributed by atoms with Gasteiger partial charge in [-0.05, 0) is 30.5 Å². The minimum Gasteiger partial charge on any atom is -0.425 e. The van der Waals surface area contributed by atoms with Gasteiger partial charge in [-0.1, -0.05) is 57.6 Å². The number of unbranched alkanes of at least 4 members (excludes halogenated alkanes) is 6. The number of epoxide rings is 1. The fourth-order valence-corrected chi connectivity index (χ4v) is 2.38. The minimum atomic E-state index is -0.336. The van der Waals surface area contributed by atoms with Crippen molar-refractivity contribution in [2.75, 3.05) is 6.61 Å². The summed E-state index contributed by atoms with van der Waals surface area (Å²) in [4.78, 5) is 11.4. The van der Waals surface area contributed by atoms with E-state index in [2.05, 4.69) is 6.92 Å². The largest absolute Gasteiger partial charge is 0.425 e. The molecule has 1 aromatic rings. The van der Waals surface area contributed by atoms with E-state index in [-0.39, 0.29) is 12.1 Å². The maximum atomic E-state index is 11.4. The Morgan fingerprint density at radius 1 is 1.10 bits per heavy atom. The SMILES string of the molecule is CCCCCCCCCc1ccc(OC(=O)C2CO2)cc1. The van der Waals surface area contributed by atoms with Gasteiger partial charge in [0.15, 0.2) is 6.10 Å². The molecule has 116 valence electrons. The number of carbonyl (C=O) groups excluding carboxylic acids is 1. The first-order chi connectivity index (χ1) is 10.3. The molecule has 1 heterocycles. The zero-order valence-electron chi connectivity index (χ0n) is 13.0. The van der Waals surface area contributed by atoms with Gasteiger partial charge in [0.05, 0.1) is 6.61 Å². The molecule has 1 saturated heterocycles. The summed E-state index contributed by atoms with van der Waals surface area (Å²) in [6.07, 6.45) is 10.1. The predicted molar refractivity (Wildman–Crippen MR) is 83.5 cm³/mol. The zero-order valence-corrected chi connectivity index (χ0v) is 13.0. The molecule has 1 fully saturated rings. The summed E-state index contributed by atoms with van der Waals surface area (Å²) in [5.74, 6) is 0.327. The number of aryl methyl sites for hydroxylation is 1. The Labute approximate surface area is 127 Å². The van der Waals surface area contributed by atoms with Gasteiger partial charge in [-0.3, -0.25) is 0 Å². The molecular weight excluding hydrogens is 264 g/mol. The first-order valence-electron chi connectivity index (χ1n) is 8.22. The molecule has 3 nitrogen and oxygen atoms in total. The minimum absolute atomic E-state index is 0.283. The number of ether oxygens (including phenoxy) is 2. The van der Waals surface area contributed by atoms with E-state index in [0.717, 1.165) is 6.42 Å². The van der Waals surface area contributed by atoms with E-state index in [1.54, 1.807) is 0 Å². The van der Waals surface area contributed by atoms with Crippen LogP contribution in [0.15, 0.2) is 24.3 Å². The third-order valence-electron chi connectivity index (χ3n) is 3.81. The summed E-state index contributed by atoms with van der Waals surface area (Å²) in [6.45, 7) is 2.74. The molecule has 0 N–H and O–H groups in total.